The Bertz CT molecular complexity index is 1100. The van der Waals surface area contributed by atoms with E-state index in [0.717, 1.165) is 5.56 Å². The molecule has 0 saturated carbocycles. The van der Waals surface area contributed by atoms with Gasteiger partial charge in [-0.2, -0.15) is 0 Å². The summed E-state index contributed by atoms with van der Waals surface area (Å²) in [5, 5.41) is 16.1. The van der Waals surface area contributed by atoms with Crippen molar-refractivity contribution in [1.82, 2.24) is 4.90 Å². The van der Waals surface area contributed by atoms with Crippen LogP contribution in [0.15, 0.2) is 58.1 Å². The molecule has 3 N–H and O–H groups in total. The van der Waals surface area contributed by atoms with Crippen molar-refractivity contribution in [3.8, 4) is 18.6 Å². The first-order chi connectivity index (χ1) is 14.9. The molecule has 0 spiro atoms. The molecule has 0 aliphatic heterocycles. The Hall–Kier alpha value is -4.05. The highest BCUT2D eigenvalue weighted by Gasteiger charge is 2.23. The summed E-state index contributed by atoms with van der Waals surface area (Å²) < 4.78 is 0. The number of nitrogens with one attached hydrogen (secondary N) is 2. The SMILES string of the molecule is C#C.CC.CN(C)C(=O)c1cccc(Nc2c(NCc3ccccc3)c(=O)c2=O)c1O. The molecule has 31 heavy (non-hydrogen) atoms. The topological polar surface area (TPSA) is 98.7 Å². The van der Waals surface area contributed by atoms with Crippen LogP contribution in [-0.4, -0.2) is 30.0 Å². The zero-order chi connectivity index (χ0) is 23.6. The van der Waals surface area contributed by atoms with Gasteiger partial charge in [-0.05, 0) is 17.7 Å². The van der Waals surface area contributed by atoms with Gasteiger partial charge < -0.3 is 20.6 Å². The van der Waals surface area contributed by atoms with Gasteiger partial charge in [0, 0.05) is 20.6 Å². The third-order valence-electron chi connectivity index (χ3n) is 4.15. The van der Waals surface area contributed by atoms with Gasteiger partial charge in [0.15, 0.2) is 5.75 Å². The molecule has 0 atom stereocenters. The van der Waals surface area contributed by atoms with E-state index in [9.17, 15) is 19.5 Å². The summed E-state index contributed by atoms with van der Waals surface area (Å²) >= 11 is 0. The minimum absolute atomic E-state index is 0.0701. The summed E-state index contributed by atoms with van der Waals surface area (Å²) in [7, 11) is 3.15. The minimum atomic E-state index is -0.672. The molecule has 3 rings (SSSR count). The van der Waals surface area contributed by atoms with E-state index in [1.54, 1.807) is 20.2 Å². The van der Waals surface area contributed by atoms with Crippen LogP contribution in [0, 0.1) is 12.8 Å². The van der Waals surface area contributed by atoms with E-state index in [0.29, 0.717) is 6.54 Å². The summed E-state index contributed by atoms with van der Waals surface area (Å²) in [4.78, 5) is 37.3. The molecule has 3 aromatic carbocycles. The molecule has 3 aromatic rings. The first kappa shape index (κ1) is 25.0. The maximum atomic E-state index is 12.1. The van der Waals surface area contributed by atoms with E-state index in [-0.39, 0.29) is 34.3 Å². The van der Waals surface area contributed by atoms with Gasteiger partial charge >= 0.3 is 0 Å². The average molecular weight is 421 g/mol. The first-order valence-electron chi connectivity index (χ1n) is 9.65. The van der Waals surface area contributed by atoms with E-state index in [2.05, 4.69) is 23.5 Å². The zero-order valence-electron chi connectivity index (χ0n) is 18.1. The van der Waals surface area contributed by atoms with Gasteiger partial charge in [0.25, 0.3) is 16.8 Å². The lowest BCUT2D eigenvalue weighted by atomic mass is 10.1. The number of hydrogen-bond donors (Lipinski definition) is 3. The molecule has 0 radical (unpaired) electrons. The molecule has 0 aromatic heterocycles. The molecular weight excluding hydrogens is 394 g/mol. The summed E-state index contributed by atoms with van der Waals surface area (Å²) in [5.41, 5.74) is 0.175. The van der Waals surface area contributed by atoms with Crippen LogP contribution in [-0.2, 0) is 6.54 Å². The number of terminal acetylenes is 1. The van der Waals surface area contributed by atoms with Crippen LogP contribution >= 0.6 is 0 Å². The number of nitrogens with zero attached hydrogens (tertiary/aromatic N) is 1. The minimum Gasteiger partial charge on any atom is -0.505 e. The molecule has 0 bridgehead atoms. The van der Waals surface area contributed by atoms with Gasteiger partial charge in [-0.15, -0.1) is 12.8 Å². The van der Waals surface area contributed by atoms with Gasteiger partial charge in [0.05, 0.1) is 11.3 Å². The van der Waals surface area contributed by atoms with Crippen LogP contribution in [0.4, 0.5) is 17.1 Å². The van der Waals surface area contributed by atoms with Crippen LogP contribution < -0.4 is 21.5 Å². The van der Waals surface area contributed by atoms with Crippen molar-refractivity contribution < 1.29 is 9.90 Å². The van der Waals surface area contributed by atoms with Crippen molar-refractivity contribution in [2.24, 2.45) is 0 Å². The molecule has 0 unspecified atom stereocenters. The van der Waals surface area contributed by atoms with Crippen LogP contribution in [0.5, 0.6) is 5.75 Å². The summed E-state index contributed by atoms with van der Waals surface area (Å²) in [6.45, 7) is 4.38. The van der Waals surface area contributed by atoms with Crippen molar-refractivity contribution in [2.45, 2.75) is 20.4 Å². The molecule has 1 amide bonds. The highest BCUT2D eigenvalue weighted by atomic mass is 16.3. The first-order valence-corrected chi connectivity index (χ1v) is 9.65. The number of carbonyl (C=O) groups is 1. The van der Waals surface area contributed by atoms with Crippen molar-refractivity contribution in [3.05, 3.63) is 80.1 Å². The second-order valence-corrected chi connectivity index (χ2v) is 6.27. The normalized spacial score (nSPS) is 9.48. The van der Waals surface area contributed by atoms with E-state index < -0.39 is 10.9 Å². The average Bonchev–Trinajstić information content (AvgIpc) is 2.82. The van der Waals surface area contributed by atoms with Gasteiger partial charge in [-0.25, -0.2) is 0 Å². The predicted octanol–water partition coefficient (Wildman–Crippen LogP) is 3.32. The Labute approximate surface area is 182 Å². The fourth-order valence-electron chi connectivity index (χ4n) is 2.66. The van der Waals surface area contributed by atoms with E-state index in [4.69, 9.17) is 0 Å². The van der Waals surface area contributed by atoms with Gasteiger partial charge in [0.1, 0.15) is 11.4 Å². The third-order valence-corrected chi connectivity index (χ3v) is 4.15. The summed E-state index contributed by atoms with van der Waals surface area (Å²) in [5.74, 6) is -0.651. The smallest absolute Gasteiger partial charge is 0.257 e. The number of benzene rings is 2. The number of hydrogen-bond acceptors (Lipinski definition) is 6. The maximum Gasteiger partial charge on any atom is 0.257 e. The largest absolute Gasteiger partial charge is 0.505 e. The standard InChI is InChI=1S/C20H19N3O4.C2H6.C2H2/c1-23(2)20(27)13-9-6-10-14(17(13)24)22-16-15(18(25)19(16)26)21-11-12-7-4-3-5-8-12;2*1-2/h3-10,21-22,24H,11H2,1-2H3;1-2H3;1-2H. The number of para-hydroxylation sites is 1. The number of phenols is 1. The van der Waals surface area contributed by atoms with E-state index in [1.807, 2.05) is 44.2 Å². The monoisotopic (exact) mass is 421 g/mol. The lowest BCUT2D eigenvalue weighted by molar-refractivity contribution is 0.0824. The Kier molecular flexibility index (Phi) is 9.54. The van der Waals surface area contributed by atoms with Crippen molar-refractivity contribution in [3.63, 3.8) is 0 Å². The highest BCUT2D eigenvalue weighted by Crippen LogP contribution is 2.32. The Morgan fingerprint density at radius 1 is 0.935 bits per heavy atom. The zero-order valence-corrected chi connectivity index (χ0v) is 18.1. The number of rotatable bonds is 6. The van der Waals surface area contributed by atoms with Gasteiger partial charge in [-0.1, -0.05) is 50.2 Å². The number of amides is 1. The fraction of sp³-hybridized carbons (Fsp3) is 0.208. The number of carbonyl (C=O) groups excluding carboxylic acids is 1. The summed E-state index contributed by atoms with van der Waals surface area (Å²) in [6, 6.07) is 14.0. The van der Waals surface area contributed by atoms with Gasteiger partial charge in [0.2, 0.25) is 0 Å². The summed E-state index contributed by atoms with van der Waals surface area (Å²) in [6.07, 6.45) is 8.00. The van der Waals surface area contributed by atoms with Crippen molar-refractivity contribution >= 4 is 23.0 Å². The van der Waals surface area contributed by atoms with Crippen LogP contribution in [0.1, 0.15) is 29.8 Å². The molecular formula is C24H27N3O4. The van der Waals surface area contributed by atoms with Crippen LogP contribution in [0.3, 0.4) is 0 Å². The fourth-order valence-corrected chi connectivity index (χ4v) is 2.66. The molecule has 0 aliphatic rings. The Morgan fingerprint density at radius 3 is 2.10 bits per heavy atom. The Balaban J connectivity index is 0.00000113. The highest BCUT2D eigenvalue weighted by molar-refractivity contribution is 5.99. The maximum absolute atomic E-state index is 12.1. The van der Waals surface area contributed by atoms with Crippen LogP contribution in [0.2, 0.25) is 0 Å². The molecule has 0 saturated heterocycles. The van der Waals surface area contributed by atoms with Crippen molar-refractivity contribution in [1.29, 1.82) is 0 Å². The Morgan fingerprint density at radius 2 is 1.52 bits per heavy atom. The lowest BCUT2D eigenvalue weighted by Crippen LogP contribution is -2.36. The molecule has 162 valence electrons. The molecule has 7 nitrogen and oxygen atoms in total. The molecule has 0 fully saturated rings. The van der Waals surface area contributed by atoms with E-state index in [1.165, 1.54) is 17.0 Å². The number of aromatic hydroxyl groups is 1. The number of anilines is 3. The van der Waals surface area contributed by atoms with Crippen LogP contribution in [0.25, 0.3) is 0 Å². The van der Waals surface area contributed by atoms with Gasteiger partial charge in [-0.3, -0.25) is 14.4 Å². The molecule has 0 heterocycles. The lowest BCUT2D eigenvalue weighted by Gasteiger charge is -2.17. The predicted molar refractivity (Wildman–Crippen MR) is 126 cm³/mol. The molecule has 7 heteroatoms. The molecule has 0 aliphatic carbocycles. The second-order valence-electron chi connectivity index (χ2n) is 6.27. The number of phenolic OH excluding ortho intramolecular Hbond substituents is 1. The van der Waals surface area contributed by atoms with Crippen molar-refractivity contribution in [2.75, 3.05) is 24.7 Å². The quantitative estimate of drug-likeness (QED) is 0.321. The third kappa shape index (κ3) is 5.73. The van der Waals surface area contributed by atoms with E-state index >= 15 is 0 Å². The second kappa shape index (κ2) is 11.8.